The highest BCUT2D eigenvalue weighted by atomic mass is 15.2. The van der Waals surface area contributed by atoms with Crippen molar-refractivity contribution in [2.45, 2.75) is 79.1 Å². The fourth-order valence-corrected chi connectivity index (χ4v) is 9.14. The van der Waals surface area contributed by atoms with Crippen LogP contribution in [0.1, 0.15) is 86.4 Å². The van der Waals surface area contributed by atoms with Crippen molar-refractivity contribution in [2.75, 3.05) is 9.80 Å². The number of anilines is 5. The molecule has 3 aliphatic rings. The summed E-state index contributed by atoms with van der Waals surface area (Å²) in [7, 11) is 0. The van der Waals surface area contributed by atoms with Crippen LogP contribution >= 0.6 is 0 Å². The zero-order valence-electron chi connectivity index (χ0n) is 33.0. The molecule has 0 saturated heterocycles. The number of hydrogen-bond donors (Lipinski definition) is 0. The molecule has 0 atom stereocenters. The van der Waals surface area contributed by atoms with Crippen molar-refractivity contribution in [1.29, 1.82) is 0 Å². The Bertz CT molecular complexity index is 2460. The first-order chi connectivity index (χ1) is 25.9. The van der Waals surface area contributed by atoms with Gasteiger partial charge in [-0.3, -0.25) is 0 Å². The van der Waals surface area contributed by atoms with Crippen LogP contribution in [0, 0.1) is 20.8 Å². The molecule has 9 rings (SSSR count). The summed E-state index contributed by atoms with van der Waals surface area (Å²) < 4.78 is 0. The van der Waals surface area contributed by atoms with Crippen LogP contribution < -0.4 is 9.80 Å². The van der Waals surface area contributed by atoms with E-state index in [9.17, 15) is 0 Å². The summed E-state index contributed by atoms with van der Waals surface area (Å²) in [6.45, 7) is 18.4. The molecule has 268 valence electrons. The van der Waals surface area contributed by atoms with Crippen LogP contribution in [0.15, 0.2) is 145 Å². The maximum atomic E-state index is 2.53. The molecule has 0 bridgehead atoms. The lowest BCUT2D eigenvalue weighted by Gasteiger charge is -2.31. The highest BCUT2D eigenvalue weighted by Gasteiger charge is 2.42. The predicted octanol–water partition coefficient (Wildman–Crippen LogP) is 14.5. The Kier molecular flexibility index (Phi) is 7.91. The Balaban J connectivity index is 1.13. The van der Waals surface area contributed by atoms with Crippen LogP contribution in [0.4, 0.5) is 28.4 Å². The van der Waals surface area contributed by atoms with E-state index in [4.69, 9.17) is 0 Å². The van der Waals surface area contributed by atoms with Gasteiger partial charge < -0.3 is 9.80 Å². The Labute approximate surface area is 322 Å². The molecule has 54 heavy (non-hydrogen) atoms. The van der Waals surface area contributed by atoms with Crippen LogP contribution in [0.2, 0.25) is 0 Å². The molecular formula is C52H50N2. The molecule has 3 aliphatic carbocycles. The van der Waals surface area contributed by atoms with Gasteiger partial charge in [0.2, 0.25) is 0 Å². The van der Waals surface area contributed by atoms with Gasteiger partial charge in [-0.05, 0) is 164 Å². The van der Waals surface area contributed by atoms with Gasteiger partial charge in [-0.15, -0.1) is 0 Å². The van der Waals surface area contributed by atoms with E-state index >= 15 is 0 Å². The van der Waals surface area contributed by atoms with E-state index in [1.165, 1.54) is 101 Å². The molecule has 2 nitrogen and oxygen atoms in total. The van der Waals surface area contributed by atoms with Crippen molar-refractivity contribution in [3.05, 3.63) is 184 Å². The Morgan fingerprint density at radius 2 is 0.741 bits per heavy atom. The van der Waals surface area contributed by atoms with E-state index in [1.807, 2.05) is 0 Å². The lowest BCUT2D eigenvalue weighted by atomic mass is 9.79. The van der Waals surface area contributed by atoms with E-state index in [1.54, 1.807) is 0 Å². The maximum Gasteiger partial charge on any atom is 0.0465 e. The monoisotopic (exact) mass is 702 g/mol. The summed E-state index contributed by atoms with van der Waals surface area (Å²) in [6.07, 6.45) is 6.74. The summed E-state index contributed by atoms with van der Waals surface area (Å²) in [5, 5.41) is 0. The zero-order chi connectivity index (χ0) is 37.5. The van der Waals surface area contributed by atoms with Crippen LogP contribution in [-0.2, 0) is 10.8 Å². The smallest absolute Gasteiger partial charge is 0.0465 e. The largest absolute Gasteiger partial charge is 0.314 e. The van der Waals surface area contributed by atoms with E-state index in [2.05, 4.69) is 199 Å². The van der Waals surface area contributed by atoms with E-state index in [-0.39, 0.29) is 10.8 Å². The minimum absolute atomic E-state index is 0.146. The molecule has 0 unspecified atom stereocenters. The van der Waals surface area contributed by atoms with Gasteiger partial charge in [0.25, 0.3) is 0 Å². The van der Waals surface area contributed by atoms with Gasteiger partial charge in [0.05, 0.1) is 0 Å². The molecule has 0 heterocycles. The van der Waals surface area contributed by atoms with Gasteiger partial charge in [-0.25, -0.2) is 0 Å². The topological polar surface area (TPSA) is 6.48 Å². The second-order valence-electron chi connectivity index (χ2n) is 17.0. The molecule has 2 heteroatoms. The highest BCUT2D eigenvalue weighted by Crippen LogP contribution is 2.57. The molecule has 0 amide bonds. The lowest BCUT2D eigenvalue weighted by molar-refractivity contribution is 0.652. The Hall–Kier alpha value is -5.60. The molecule has 0 spiro atoms. The molecule has 0 aromatic heterocycles. The SMILES string of the molecule is CC1=CC=C(N(c2ccc(C)cc2)c2ccc3c(c2)C(C)(C)c2cc4c(cc2-3)C(C)(C)c2cc(N(c3ccc(C)cc3)c3ccc(C)cc3)ccc2-4)CC1. The van der Waals surface area contributed by atoms with Gasteiger partial charge in [-0.1, -0.05) is 105 Å². The Morgan fingerprint density at radius 1 is 0.370 bits per heavy atom. The number of benzene rings is 6. The van der Waals surface area contributed by atoms with E-state index < -0.39 is 0 Å². The molecule has 0 fully saturated rings. The number of fused-ring (bicyclic) bond motifs is 6. The molecule has 6 aromatic rings. The highest BCUT2D eigenvalue weighted by molar-refractivity contribution is 5.92. The van der Waals surface area contributed by atoms with Gasteiger partial charge >= 0.3 is 0 Å². The predicted molar refractivity (Wildman–Crippen MR) is 230 cm³/mol. The maximum absolute atomic E-state index is 2.53. The fraction of sp³-hybridized carbons (Fsp3) is 0.231. The quantitative estimate of drug-likeness (QED) is 0.170. The second-order valence-corrected chi connectivity index (χ2v) is 17.0. The number of aryl methyl sites for hydroxylation is 3. The molecule has 0 radical (unpaired) electrons. The summed E-state index contributed by atoms with van der Waals surface area (Å²) in [5.74, 6) is 0. The summed E-state index contributed by atoms with van der Waals surface area (Å²) in [4.78, 5) is 4.88. The number of rotatable bonds is 6. The summed E-state index contributed by atoms with van der Waals surface area (Å²) in [5.41, 5.74) is 23.3. The van der Waals surface area contributed by atoms with E-state index in [0.29, 0.717) is 0 Å². The first-order valence-corrected chi connectivity index (χ1v) is 19.6. The lowest BCUT2D eigenvalue weighted by Crippen LogP contribution is -2.20. The average molecular weight is 703 g/mol. The van der Waals surface area contributed by atoms with Crippen molar-refractivity contribution in [3.8, 4) is 22.3 Å². The standard InChI is InChI=1S/C52H50N2/c1-33-9-17-37(18-10-33)53(38-19-11-34(2)12-20-38)41-25-27-43-45-31-50-46(32-49(45)51(5,6)47(43)29-41)44-28-26-42(30-48(44)52(50,7)8)54(39-21-13-35(3)14-22-39)40-23-15-36(4)16-24-40/h9-15,17-23,25-32H,16,24H2,1-8H3. The average Bonchev–Trinajstić information content (AvgIpc) is 3.52. The van der Waals surface area contributed by atoms with Crippen molar-refractivity contribution in [1.82, 2.24) is 0 Å². The minimum Gasteiger partial charge on any atom is -0.314 e. The fourth-order valence-electron chi connectivity index (χ4n) is 9.14. The van der Waals surface area contributed by atoms with Crippen molar-refractivity contribution >= 4 is 28.4 Å². The molecular weight excluding hydrogens is 653 g/mol. The van der Waals surface area contributed by atoms with E-state index in [0.717, 1.165) is 12.8 Å². The van der Waals surface area contributed by atoms with Gasteiger partial charge in [0.1, 0.15) is 0 Å². The van der Waals surface area contributed by atoms with Gasteiger partial charge in [-0.2, -0.15) is 0 Å². The normalized spacial score (nSPS) is 15.8. The van der Waals surface area contributed by atoms with Crippen molar-refractivity contribution in [3.63, 3.8) is 0 Å². The number of allylic oxidation sites excluding steroid dienone is 4. The molecule has 0 N–H and O–H groups in total. The zero-order valence-corrected chi connectivity index (χ0v) is 33.0. The van der Waals surface area contributed by atoms with Crippen LogP contribution in [-0.4, -0.2) is 0 Å². The Morgan fingerprint density at radius 3 is 1.15 bits per heavy atom. The first kappa shape index (κ1) is 34.2. The van der Waals surface area contributed by atoms with Crippen LogP contribution in [0.5, 0.6) is 0 Å². The second kappa shape index (κ2) is 12.5. The van der Waals surface area contributed by atoms with Crippen LogP contribution in [0.25, 0.3) is 22.3 Å². The number of hydrogen-bond acceptors (Lipinski definition) is 2. The minimum atomic E-state index is -0.157. The molecule has 0 aliphatic heterocycles. The molecule has 0 saturated carbocycles. The molecule has 6 aromatic carbocycles. The summed E-state index contributed by atoms with van der Waals surface area (Å²) >= 11 is 0. The van der Waals surface area contributed by atoms with Crippen LogP contribution in [0.3, 0.4) is 0 Å². The summed E-state index contributed by atoms with van der Waals surface area (Å²) in [6, 6.07) is 46.2. The van der Waals surface area contributed by atoms with Gasteiger partial charge in [0, 0.05) is 45.0 Å². The third kappa shape index (κ3) is 5.46. The third-order valence-corrected chi connectivity index (χ3v) is 12.5. The van der Waals surface area contributed by atoms with Crippen molar-refractivity contribution < 1.29 is 0 Å². The first-order valence-electron chi connectivity index (χ1n) is 19.6. The number of nitrogens with zero attached hydrogens (tertiary/aromatic N) is 2. The third-order valence-electron chi connectivity index (χ3n) is 12.5. The van der Waals surface area contributed by atoms with Crippen molar-refractivity contribution in [2.24, 2.45) is 0 Å². The van der Waals surface area contributed by atoms with Gasteiger partial charge in [0.15, 0.2) is 0 Å².